The minimum atomic E-state index is -0.0937. The average Bonchev–Trinajstić information content (AvgIpc) is 2.76. The summed E-state index contributed by atoms with van der Waals surface area (Å²) in [4.78, 5) is 14.6. The molecule has 5 nitrogen and oxygen atoms in total. The molecule has 1 aromatic heterocycles. The average molecular weight is 332 g/mol. The van der Waals surface area contributed by atoms with Gasteiger partial charge in [0.1, 0.15) is 0 Å². The van der Waals surface area contributed by atoms with Gasteiger partial charge >= 0.3 is 0 Å². The Labute approximate surface area is 118 Å². The van der Waals surface area contributed by atoms with Crippen LogP contribution in [0.5, 0.6) is 0 Å². The Morgan fingerprint density at radius 1 is 1.56 bits per heavy atom. The van der Waals surface area contributed by atoms with E-state index in [9.17, 15) is 4.79 Å². The Hall–Kier alpha value is -0.760. The van der Waals surface area contributed by atoms with Crippen molar-refractivity contribution in [3.63, 3.8) is 0 Å². The van der Waals surface area contributed by atoms with Crippen molar-refractivity contribution in [2.45, 2.75) is 0 Å². The van der Waals surface area contributed by atoms with Crippen molar-refractivity contribution in [1.82, 2.24) is 10.3 Å². The van der Waals surface area contributed by atoms with Crippen LogP contribution < -0.4 is 5.43 Å². The van der Waals surface area contributed by atoms with Gasteiger partial charge in [0.05, 0.1) is 29.8 Å². The molecule has 98 valence electrons. The number of carbonyl (C=O) groups excluding carboxylic acids is 1. The topological polar surface area (TPSA) is 53.9 Å². The highest BCUT2D eigenvalue weighted by atomic mass is 79.9. The summed E-state index contributed by atoms with van der Waals surface area (Å²) in [6.07, 6.45) is 1.65. The molecule has 0 aliphatic carbocycles. The number of nitrogens with zero attached hydrogens (tertiary/aromatic N) is 2. The van der Waals surface area contributed by atoms with E-state index < -0.39 is 0 Å². The maximum atomic E-state index is 11.6. The molecular weight excluding hydrogens is 318 g/mol. The van der Waals surface area contributed by atoms with Crippen LogP contribution >= 0.6 is 27.3 Å². The molecule has 1 aromatic rings. The number of thiophene rings is 1. The highest BCUT2D eigenvalue weighted by Crippen LogP contribution is 2.20. The molecule has 2 rings (SSSR count). The Kier molecular flexibility index (Phi) is 5.30. The fraction of sp³-hybridized carbons (Fsp3) is 0.455. The number of ether oxygens (including phenoxy) is 1. The molecule has 0 unspecified atom stereocenters. The van der Waals surface area contributed by atoms with E-state index in [4.69, 9.17) is 4.74 Å². The predicted molar refractivity (Wildman–Crippen MR) is 75.0 cm³/mol. The number of halogens is 1. The summed E-state index contributed by atoms with van der Waals surface area (Å²) >= 11 is 4.93. The summed E-state index contributed by atoms with van der Waals surface area (Å²) in [5, 5.41) is 3.93. The quantitative estimate of drug-likeness (QED) is 0.668. The molecule has 7 heteroatoms. The fourth-order valence-electron chi connectivity index (χ4n) is 1.56. The van der Waals surface area contributed by atoms with Gasteiger partial charge in [0.15, 0.2) is 0 Å². The van der Waals surface area contributed by atoms with Crippen LogP contribution in [0, 0.1) is 0 Å². The molecule has 1 aliphatic heterocycles. The maximum Gasteiger partial charge on any atom is 0.254 e. The van der Waals surface area contributed by atoms with Crippen LogP contribution in [0.25, 0.3) is 0 Å². The molecule has 18 heavy (non-hydrogen) atoms. The van der Waals surface area contributed by atoms with Gasteiger partial charge in [0, 0.05) is 18.0 Å². The molecule has 0 saturated carbocycles. The van der Waals surface area contributed by atoms with Gasteiger partial charge in [-0.25, -0.2) is 5.43 Å². The second-order valence-electron chi connectivity index (χ2n) is 3.82. The SMILES string of the molecule is O=C(CN1CCOCC1)N/N=C/c1ccc(Br)s1. The number of nitrogens with one attached hydrogen (secondary N) is 1. The van der Waals surface area contributed by atoms with E-state index in [-0.39, 0.29) is 5.91 Å². The molecule has 1 aliphatic rings. The first-order chi connectivity index (χ1) is 8.74. The molecule has 0 bridgehead atoms. The standard InChI is InChI=1S/C11H14BrN3O2S/c12-10-2-1-9(18-10)7-13-14-11(16)8-15-3-5-17-6-4-15/h1-2,7H,3-6,8H2,(H,14,16)/b13-7+. The zero-order valence-electron chi connectivity index (χ0n) is 9.76. The van der Waals surface area contributed by atoms with Crippen LogP contribution in [0.15, 0.2) is 21.0 Å². The minimum absolute atomic E-state index is 0.0937. The van der Waals surface area contributed by atoms with Gasteiger partial charge < -0.3 is 4.74 Å². The molecule has 2 heterocycles. The lowest BCUT2D eigenvalue weighted by molar-refractivity contribution is -0.123. The summed E-state index contributed by atoms with van der Waals surface area (Å²) in [5.41, 5.74) is 2.53. The van der Waals surface area contributed by atoms with E-state index in [1.807, 2.05) is 12.1 Å². The van der Waals surface area contributed by atoms with E-state index in [0.29, 0.717) is 19.8 Å². The molecule has 0 atom stereocenters. The first-order valence-corrected chi connectivity index (χ1v) is 7.22. The van der Waals surface area contributed by atoms with Crippen LogP contribution in [0.2, 0.25) is 0 Å². The maximum absolute atomic E-state index is 11.6. The van der Waals surface area contributed by atoms with Crippen molar-refractivity contribution < 1.29 is 9.53 Å². The number of hydrogen-bond acceptors (Lipinski definition) is 5. The number of morpholine rings is 1. The second kappa shape index (κ2) is 6.98. The van der Waals surface area contributed by atoms with Crippen molar-refractivity contribution in [2.24, 2.45) is 5.10 Å². The van der Waals surface area contributed by atoms with Crippen molar-refractivity contribution >= 4 is 39.4 Å². The van der Waals surface area contributed by atoms with Crippen LogP contribution in [-0.2, 0) is 9.53 Å². The minimum Gasteiger partial charge on any atom is -0.379 e. The summed E-state index contributed by atoms with van der Waals surface area (Å²) in [6, 6.07) is 3.88. The van der Waals surface area contributed by atoms with E-state index in [2.05, 4.69) is 31.4 Å². The zero-order valence-corrected chi connectivity index (χ0v) is 12.2. The highest BCUT2D eigenvalue weighted by Gasteiger charge is 2.13. The lowest BCUT2D eigenvalue weighted by atomic mass is 10.4. The largest absolute Gasteiger partial charge is 0.379 e. The first kappa shape index (κ1) is 13.7. The second-order valence-corrected chi connectivity index (χ2v) is 6.32. The van der Waals surface area contributed by atoms with Crippen molar-refractivity contribution in [3.8, 4) is 0 Å². The van der Waals surface area contributed by atoms with Crippen molar-refractivity contribution in [2.75, 3.05) is 32.8 Å². The molecule has 0 radical (unpaired) electrons. The zero-order chi connectivity index (χ0) is 12.8. The van der Waals surface area contributed by atoms with Gasteiger partial charge in [-0.1, -0.05) is 0 Å². The monoisotopic (exact) mass is 331 g/mol. The smallest absolute Gasteiger partial charge is 0.254 e. The van der Waals surface area contributed by atoms with E-state index in [1.54, 1.807) is 17.6 Å². The lowest BCUT2D eigenvalue weighted by Gasteiger charge is -2.25. The van der Waals surface area contributed by atoms with Crippen LogP contribution in [0.3, 0.4) is 0 Å². The number of hydrogen-bond donors (Lipinski definition) is 1. The van der Waals surface area contributed by atoms with Crippen LogP contribution in [0.4, 0.5) is 0 Å². The van der Waals surface area contributed by atoms with Crippen LogP contribution in [0.1, 0.15) is 4.88 Å². The molecule has 1 saturated heterocycles. The van der Waals surface area contributed by atoms with Crippen LogP contribution in [-0.4, -0.2) is 49.9 Å². The number of carbonyl (C=O) groups is 1. The number of hydrazone groups is 1. The van der Waals surface area contributed by atoms with Gasteiger partial charge in [-0.15, -0.1) is 11.3 Å². The van der Waals surface area contributed by atoms with Gasteiger partial charge in [0.25, 0.3) is 5.91 Å². The van der Waals surface area contributed by atoms with Crippen molar-refractivity contribution in [1.29, 1.82) is 0 Å². The molecule has 0 spiro atoms. The molecule has 1 fully saturated rings. The molecule has 1 N–H and O–H groups in total. The normalized spacial score (nSPS) is 17.2. The number of rotatable bonds is 4. The Balaban J connectivity index is 1.72. The van der Waals surface area contributed by atoms with E-state index in [1.165, 1.54) is 0 Å². The molecular formula is C11H14BrN3O2S. The third-order valence-corrected chi connectivity index (χ3v) is 4.00. The molecule has 0 aromatic carbocycles. The van der Waals surface area contributed by atoms with E-state index >= 15 is 0 Å². The predicted octanol–water partition coefficient (Wildman–Crippen LogP) is 1.29. The van der Waals surface area contributed by atoms with Gasteiger partial charge in [-0.3, -0.25) is 9.69 Å². The third kappa shape index (κ3) is 4.49. The highest BCUT2D eigenvalue weighted by molar-refractivity contribution is 9.11. The Morgan fingerprint density at radius 2 is 2.33 bits per heavy atom. The fourth-order valence-corrected chi connectivity index (χ4v) is 2.86. The molecule has 1 amide bonds. The number of amides is 1. The Bertz CT molecular complexity index is 430. The summed E-state index contributed by atoms with van der Waals surface area (Å²) in [7, 11) is 0. The lowest BCUT2D eigenvalue weighted by Crippen LogP contribution is -2.42. The Morgan fingerprint density at radius 3 is 3.00 bits per heavy atom. The third-order valence-electron chi connectivity index (χ3n) is 2.45. The first-order valence-electron chi connectivity index (χ1n) is 5.61. The summed E-state index contributed by atoms with van der Waals surface area (Å²) in [5.74, 6) is -0.0937. The summed E-state index contributed by atoms with van der Waals surface area (Å²) in [6.45, 7) is 3.36. The van der Waals surface area contributed by atoms with Gasteiger partial charge in [-0.2, -0.15) is 5.10 Å². The summed E-state index contributed by atoms with van der Waals surface area (Å²) < 4.78 is 6.26. The van der Waals surface area contributed by atoms with E-state index in [0.717, 1.165) is 21.8 Å². The van der Waals surface area contributed by atoms with Gasteiger partial charge in [0.2, 0.25) is 0 Å². The van der Waals surface area contributed by atoms with Crippen molar-refractivity contribution in [3.05, 3.63) is 20.8 Å². The van der Waals surface area contributed by atoms with Gasteiger partial charge in [-0.05, 0) is 28.1 Å².